The van der Waals surface area contributed by atoms with Gasteiger partial charge in [-0.2, -0.15) is 0 Å². The van der Waals surface area contributed by atoms with Gasteiger partial charge in [0.25, 0.3) is 0 Å². The van der Waals surface area contributed by atoms with Crippen molar-refractivity contribution in [2.75, 3.05) is 43.6 Å². The third kappa shape index (κ3) is 4.28. The zero-order valence-electron chi connectivity index (χ0n) is 13.2. The number of hydrogen-bond donors (Lipinski definition) is 2. The second-order valence-electron chi connectivity index (χ2n) is 5.66. The van der Waals surface area contributed by atoms with Gasteiger partial charge in [0, 0.05) is 32.1 Å². The molecule has 0 spiro atoms. The average Bonchev–Trinajstić information content (AvgIpc) is 2.52. The number of anilines is 2. The number of piperidine rings is 1. The molecule has 21 heavy (non-hydrogen) atoms. The normalized spacial score (nSPS) is 16.5. The molecule has 0 bridgehead atoms. The van der Waals surface area contributed by atoms with Crippen molar-refractivity contribution in [1.82, 2.24) is 9.97 Å². The summed E-state index contributed by atoms with van der Waals surface area (Å²) in [5, 5.41) is 11.9. The van der Waals surface area contributed by atoms with E-state index in [0.29, 0.717) is 12.5 Å². The Morgan fingerprint density at radius 2 is 2.10 bits per heavy atom. The maximum absolute atomic E-state index is 8.81. The minimum Gasteiger partial charge on any atom is -0.394 e. The Balaban J connectivity index is 2.04. The number of aliphatic hydroxyl groups excluding tert-OH is 1. The standard InChI is InChI=1S/C15H26N4O2/c1-11(2)15-17-13(16-3)10-14(18-15)19-6-4-12(5-7-19)21-9-8-20/h10-12,20H,4-9H2,1-3H3,(H,16,17,18). The molecule has 1 saturated heterocycles. The number of nitrogens with zero attached hydrogens (tertiary/aromatic N) is 3. The van der Waals surface area contributed by atoms with E-state index in [1.807, 2.05) is 13.1 Å². The van der Waals surface area contributed by atoms with E-state index < -0.39 is 0 Å². The summed E-state index contributed by atoms with van der Waals surface area (Å²) in [5.41, 5.74) is 0. The van der Waals surface area contributed by atoms with Gasteiger partial charge in [0.1, 0.15) is 17.5 Å². The highest BCUT2D eigenvalue weighted by molar-refractivity contribution is 5.49. The SMILES string of the molecule is CNc1cc(N2CCC(OCCO)CC2)nc(C(C)C)n1. The summed E-state index contributed by atoms with van der Waals surface area (Å²) in [4.78, 5) is 11.5. The van der Waals surface area contributed by atoms with Gasteiger partial charge >= 0.3 is 0 Å². The quantitative estimate of drug-likeness (QED) is 0.831. The van der Waals surface area contributed by atoms with Crippen molar-refractivity contribution >= 4 is 11.6 Å². The second kappa shape index (κ2) is 7.56. The zero-order valence-corrected chi connectivity index (χ0v) is 13.2. The molecule has 6 nitrogen and oxygen atoms in total. The van der Waals surface area contributed by atoms with Crippen LogP contribution in [-0.4, -0.2) is 54.5 Å². The maximum atomic E-state index is 8.81. The number of ether oxygens (including phenoxy) is 1. The van der Waals surface area contributed by atoms with Crippen LogP contribution in [0.1, 0.15) is 38.4 Å². The lowest BCUT2D eigenvalue weighted by atomic mass is 10.1. The topological polar surface area (TPSA) is 70.5 Å². The average molecular weight is 294 g/mol. The Labute approximate surface area is 126 Å². The third-order valence-electron chi connectivity index (χ3n) is 3.71. The lowest BCUT2D eigenvalue weighted by Gasteiger charge is -2.33. The van der Waals surface area contributed by atoms with Crippen LogP contribution in [0.2, 0.25) is 0 Å². The molecule has 0 amide bonds. The van der Waals surface area contributed by atoms with Crippen molar-refractivity contribution in [3.63, 3.8) is 0 Å². The lowest BCUT2D eigenvalue weighted by molar-refractivity contribution is 0.0158. The highest BCUT2D eigenvalue weighted by Crippen LogP contribution is 2.23. The Morgan fingerprint density at radius 1 is 1.38 bits per heavy atom. The van der Waals surface area contributed by atoms with Crippen molar-refractivity contribution in [1.29, 1.82) is 0 Å². The van der Waals surface area contributed by atoms with Gasteiger partial charge in [-0.3, -0.25) is 0 Å². The van der Waals surface area contributed by atoms with Crippen molar-refractivity contribution < 1.29 is 9.84 Å². The van der Waals surface area contributed by atoms with Crippen LogP contribution in [0.3, 0.4) is 0 Å². The molecular weight excluding hydrogens is 268 g/mol. The molecular formula is C15H26N4O2. The molecule has 0 aliphatic carbocycles. The van der Waals surface area contributed by atoms with Crippen LogP contribution in [0, 0.1) is 0 Å². The van der Waals surface area contributed by atoms with Gasteiger partial charge < -0.3 is 20.1 Å². The summed E-state index contributed by atoms with van der Waals surface area (Å²) < 4.78 is 5.60. The van der Waals surface area contributed by atoms with E-state index in [0.717, 1.165) is 43.4 Å². The molecule has 0 radical (unpaired) electrons. The molecule has 1 aliphatic rings. The first kappa shape index (κ1) is 16.0. The molecule has 118 valence electrons. The van der Waals surface area contributed by atoms with Crippen molar-refractivity contribution in [2.24, 2.45) is 0 Å². The number of rotatable bonds is 6. The number of aromatic nitrogens is 2. The van der Waals surface area contributed by atoms with E-state index in [-0.39, 0.29) is 12.7 Å². The van der Waals surface area contributed by atoms with E-state index in [1.165, 1.54) is 0 Å². The molecule has 2 N–H and O–H groups in total. The van der Waals surface area contributed by atoms with Gasteiger partial charge in [0.2, 0.25) is 0 Å². The van der Waals surface area contributed by atoms with Crippen molar-refractivity contribution in [3.05, 3.63) is 11.9 Å². The van der Waals surface area contributed by atoms with E-state index in [2.05, 4.69) is 34.0 Å². The third-order valence-corrected chi connectivity index (χ3v) is 3.71. The van der Waals surface area contributed by atoms with Gasteiger partial charge in [0.05, 0.1) is 19.3 Å². The molecule has 1 fully saturated rings. The van der Waals surface area contributed by atoms with Gasteiger partial charge in [0.15, 0.2) is 0 Å². The van der Waals surface area contributed by atoms with Gasteiger partial charge in [-0.25, -0.2) is 9.97 Å². The van der Waals surface area contributed by atoms with E-state index in [1.54, 1.807) is 0 Å². The van der Waals surface area contributed by atoms with Crippen molar-refractivity contribution in [3.8, 4) is 0 Å². The van der Waals surface area contributed by atoms with Crippen molar-refractivity contribution in [2.45, 2.75) is 38.7 Å². The van der Waals surface area contributed by atoms with E-state index in [4.69, 9.17) is 9.84 Å². The largest absolute Gasteiger partial charge is 0.394 e. The summed E-state index contributed by atoms with van der Waals surface area (Å²) in [6.07, 6.45) is 2.19. The van der Waals surface area contributed by atoms with E-state index >= 15 is 0 Å². The fourth-order valence-corrected chi connectivity index (χ4v) is 2.47. The van der Waals surface area contributed by atoms with Gasteiger partial charge in [-0.15, -0.1) is 0 Å². The molecule has 2 heterocycles. The minimum absolute atomic E-state index is 0.0927. The van der Waals surface area contributed by atoms with Gasteiger partial charge in [-0.05, 0) is 12.8 Å². The monoisotopic (exact) mass is 294 g/mol. The summed E-state index contributed by atoms with van der Waals surface area (Å²) in [7, 11) is 1.88. The number of nitrogens with one attached hydrogen (secondary N) is 1. The summed E-state index contributed by atoms with van der Waals surface area (Å²) in [5.74, 6) is 3.03. The first-order valence-electron chi connectivity index (χ1n) is 7.68. The van der Waals surface area contributed by atoms with E-state index in [9.17, 15) is 0 Å². The van der Waals surface area contributed by atoms with Crippen LogP contribution in [-0.2, 0) is 4.74 Å². The molecule has 0 aromatic carbocycles. The summed E-state index contributed by atoms with van der Waals surface area (Å²) >= 11 is 0. The zero-order chi connectivity index (χ0) is 15.2. The van der Waals surface area contributed by atoms with Crippen LogP contribution >= 0.6 is 0 Å². The first-order valence-corrected chi connectivity index (χ1v) is 7.68. The molecule has 0 saturated carbocycles. The van der Waals surface area contributed by atoms with Crippen LogP contribution in [0.4, 0.5) is 11.6 Å². The van der Waals surface area contributed by atoms with Crippen LogP contribution in [0.15, 0.2) is 6.07 Å². The van der Waals surface area contributed by atoms with Crippen LogP contribution in [0.25, 0.3) is 0 Å². The molecule has 0 unspecified atom stereocenters. The molecule has 2 rings (SSSR count). The molecule has 0 atom stereocenters. The first-order chi connectivity index (χ1) is 10.1. The van der Waals surface area contributed by atoms with Gasteiger partial charge in [-0.1, -0.05) is 13.8 Å². The number of hydrogen-bond acceptors (Lipinski definition) is 6. The Hall–Kier alpha value is -1.40. The Morgan fingerprint density at radius 3 is 2.67 bits per heavy atom. The maximum Gasteiger partial charge on any atom is 0.135 e. The molecule has 1 aromatic rings. The predicted octanol–water partition coefficient (Wildman–Crippen LogP) is 1.62. The summed E-state index contributed by atoms with van der Waals surface area (Å²) in [6.45, 7) is 6.58. The highest BCUT2D eigenvalue weighted by Gasteiger charge is 2.21. The Bertz CT molecular complexity index is 445. The van der Waals surface area contributed by atoms with Crippen LogP contribution < -0.4 is 10.2 Å². The molecule has 1 aliphatic heterocycles. The lowest BCUT2D eigenvalue weighted by Crippen LogP contribution is -2.38. The fraction of sp³-hybridized carbons (Fsp3) is 0.733. The van der Waals surface area contributed by atoms with Crippen LogP contribution in [0.5, 0.6) is 0 Å². The Kier molecular flexibility index (Phi) is 5.76. The molecule has 6 heteroatoms. The highest BCUT2D eigenvalue weighted by atomic mass is 16.5. The minimum atomic E-state index is 0.0927. The number of aliphatic hydroxyl groups is 1. The molecule has 1 aromatic heterocycles. The fourth-order valence-electron chi connectivity index (χ4n) is 2.47. The summed E-state index contributed by atoms with van der Waals surface area (Å²) in [6, 6.07) is 2.00. The second-order valence-corrected chi connectivity index (χ2v) is 5.66. The predicted molar refractivity (Wildman–Crippen MR) is 83.9 cm³/mol. The smallest absolute Gasteiger partial charge is 0.135 e.